The summed E-state index contributed by atoms with van der Waals surface area (Å²) in [6, 6.07) is 2.01. The fraction of sp³-hybridized carbons (Fsp3) is 0.667. The van der Waals surface area contributed by atoms with E-state index in [1.807, 2.05) is 14.0 Å². The number of aryl methyl sites for hydroxylation is 1. The third-order valence-corrected chi connectivity index (χ3v) is 3.29. The van der Waals surface area contributed by atoms with Crippen molar-refractivity contribution in [3.8, 4) is 0 Å². The van der Waals surface area contributed by atoms with Crippen LogP contribution in [0, 0.1) is 0 Å². The van der Waals surface area contributed by atoms with Crippen molar-refractivity contribution in [3.05, 3.63) is 22.2 Å². The van der Waals surface area contributed by atoms with Crippen LogP contribution in [0.3, 0.4) is 0 Å². The van der Waals surface area contributed by atoms with Crippen molar-refractivity contribution in [1.29, 1.82) is 0 Å². The first-order valence-corrected chi connectivity index (χ1v) is 6.24. The van der Waals surface area contributed by atoms with Crippen molar-refractivity contribution in [2.75, 3.05) is 25.0 Å². The topological polar surface area (TPSA) is 61.0 Å². The lowest BCUT2D eigenvalue weighted by atomic mass is 10.1. The second-order valence-electron chi connectivity index (χ2n) is 4.51. The highest BCUT2D eigenvalue weighted by Gasteiger charge is 2.19. The van der Waals surface area contributed by atoms with Gasteiger partial charge in [0.1, 0.15) is 11.6 Å². The Kier molecular flexibility index (Phi) is 3.78. The summed E-state index contributed by atoms with van der Waals surface area (Å²) in [4.78, 5) is 20.8. The number of aromatic nitrogens is 2. The van der Waals surface area contributed by atoms with Gasteiger partial charge in [-0.25, -0.2) is 4.98 Å². The molecule has 17 heavy (non-hydrogen) atoms. The van der Waals surface area contributed by atoms with Gasteiger partial charge in [0.05, 0.1) is 0 Å². The number of piperidine rings is 1. The predicted molar refractivity (Wildman–Crippen MR) is 68.5 cm³/mol. The molecule has 1 aromatic rings. The van der Waals surface area contributed by atoms with E-state index in [-0.39, 0.29) is 5.56 Å². The van der Waals surface area contributed by atoms with Gasteiger partial charge in [0.25, 0.3) is 5.56 Å². The van der Waals surface area contributed by atoms with Crippen molar-refractivity contribution in [1.82, 2.24) is 15.3 Å². The Hall–Kier alpha value is -1.36. The Morgan fingerprint density at radius 3 is 3.06 bits per heavy atom. The van der Waals surface area contributed by atoms with Crippen molar-refractivity contribution >= 4 is 5.82 Å². The van der Waals surface area contributed by atoms with Gasteiger partial charge in [0.15, 0.2) is 0 Å². The van der Waals surface area contributed by atoms with Gasteiger partial charge in [-0.1, -0.05) is 6.92 Å². The van der Waals surface area contributed by atoms with Crippen LogP contribution in [-0.2, 0) is 6.42 Å². The van der Waals surface area contributed by atoms with E-state index in [2.05, 4.69) is 20.2 Å². The zero-order chi connectivity index (χ0) is 12.3. The maximum absolute atomic E-state index is 11.5. The first kappa shape index (κ1) is 12.1. The van der Waals surface area contributed by atoms with Crippen LogP contribution in [0.1, 0.15) is 25.6 Å². The molecule has 1 aliphatic heterocycles. The van der Waals surface area contributed by atoms with Gasteiger partial charge in [-0.15, -0.1) is 0 Å². The van der Waals surface area contributed by atoms with Crippen LogP contribution < -0.4 is 15.8 Å². The lowest BCUT2D eigenvalue weighted by molar-refractivity contribution is 0.443. The van der Waals surface area contributed by atoms with Gasteiger partial charge in [0, 0.05) is 32.1 Å². The Bertz CT molecular complexity index is 423. The Morgan fingerprint density at radius 1 is 1.59 bits per heavy atom. The average molecular weight is 236 g/mol. The van der Waals surface area contributed by atoms with E-state index in [1.54, 1.807) is 6.07 Å². The van der Waals surface area contributed by atoms with E-state index in [9.17, 15) is 4.79 Å². The number of hydrogen-bond acceptors (Lipinski definition) is 4. The molecule has 0 spiro atoms. The number of aromatic amines is 1. The summed E-state index contributed by atoms with van der Waals surface area (Å²) in [6.07, 6.45) is 3.08. The molecule has 94 valence electrons. The number of nitrogens with one attached hydrogen (secondary N) is 2. The average Bonchev–Trinajstić information content (AvgIpc) is 2.38. The summed E-state index contributed by atoms with van der Waals surface area (Å²) in [6.45, 7) is 4.05. The molecule has 0 aromatic carbocycles. The smallest absolute Gasteiger partial charge is 0.252 e. The third-order valence-electron chi connectivity index (χ3n) is 3.29. The van der Waals surface area contributed by atoms with Crippen LogP contribution in [0.2, 0.25) is 0 Å². The van der Waals surface area contributed by atoms with Gasteiger partial charge in [-0.2, -0.15) is 0 Å². The van der Waals surface area contributed by atoms with Crippen molar-refractivity contribution in [2.45, 2.75) is 32.2 Å². The molecule has 2 heterocycles. The lowest BCUT2D eigenvalue weighted by Crippen LogP contribution is -2.44. The third kappa shape index (κ3) is 2.85. The fourth-order valence-corrected chi connectivity index (χ4v) is 2.19. The van der Waals surface area contributed by atoms with Crippen LogP contribution in [0.4, 0.5) is 5.82 Å². The van der Waals surface area contributed by atoms with Crippen LogP contribution in [0.5, 0.6) is 0 Å². The monoisotopic (exact) mass is 236 g/mol. The molecular weight excluding hydrogens is 216 g/mol. The zero-order valence-electron chi connectivity index (χ0n) is 10.5. The van der Waals surface area contributed by atoms with E-state index in [0.29, 0.717) is 6.04 Å². The van der Waals surface area contributed by atoms with E-state index >= 15 is 0 Å². The highest BCUT2D eigenvalue weighted by Crippen LogP contribution is 2.15. The fourth-order valence-electron chi connectivity index (χ4n) is 2.19. The van der Waals surface area contributed by atoms with Crippen LogP contribution >= 0.6 is 0 Å². The summed E-state index contributed by atoms with van der Waals surface area (Å²) in [5.74, 6) is 1.53. The van der Waals surface area contributed by atoms with Crippen LogP contribution in [-0.4, -0.2) is 36.1 Å². The summed E-state index contributed by atoms with van der Waals surface area (Å²) < 4.78 is 0. The number of hydrogen-bond donors (Lipinski definition) is 2. The summed E-state index contributed by atoms with van der Waals surface area (Å²) >= 11 is 0. The molecule has 2 rings (SSSR count). The van der Waals surface area contributed by atoms with Gasteiger partial charge in [-0.3, -0.25) is 4.79 Å². The second kappa shape index (κ2) is 5.31. The molecule has 2 N–H and O–H groups in total. The summed E-state index contributed by atoms with van der Waals surface area (Å²) in [7, 11) is 2.01. The largest absolute Gasteiger partial charge is 0.355 e. The maximum atomic E-state index is 11.5. The van der Waals surface area contributed by atoms with Gasteiger partial charge >= 0.3 is 0 Å². The van der Waals surface area contributed by atoms with Crippen molar-refractivity contribution < 1.29 is 0 Å². The Balaban J connectivity index is 2.20. The summed E-state index contributed by atoms with van der Waals surface area (Å²) in [5.41, 5.74) is -0.0672. The SMILES string of the molecule is CCc1nc(N(C)C2CCCNC2)cc(=O)[nH]1. The minimum absolute atomic E-state index is 0.0672. The quantitative estimate of drug-likeness (QED) is 0.803. The molecule has 0 saturated carbocycles. The van der Waals surface area contributed by atoms with Gasteiger partial charge in [-0.05, 0) is 19.4 Å². The van der Waals surface area contributed by atoms with Gasteiger partial charge in [0.2, 0.25) is 0 Å². The Morgan fingerprint density at radius 2 is 2.41 bits per heavy atom. The molecule has 1 saturated heterocycles. The molecule has 0 aliphatic carbocycles. The van der Waals surface area contributed by atoms with E-state index in [4.69, 9.17) is 0 Å². The molecule has 1 aliphatic rings. The number of anilines is 1. The minimum atomic E-state index is -0.0672. The standard InChI is InChI=1S/C12H20N4O/c1-3-10-14-11(7-12(17)15-10)16(2)9-5-4-6-13-8-9/h7,9,13H,3-6,8H2,1-2H3,(H,14,15,17). The van der Waals surface area contributed by atoms with Crippen molar-refractivity contribution in [3.63, 3.8) is 0 Å². The normalized spacial score (nSPS) is 20.2. The second-order valence-corrected chi connectivity index (χ2v) is 4.51. The van der Waals surface area contributed by atoms with Crippen LogP contribution in [0.25, 0.3) is 0 Å². The number of rotatable bonds is 3. The predicted octanol–water partition coefficient (Wildman–Crippen LogP) is 0.520. The zero-order valence-corrected chi connectivity index (χ0v) is 10.5. The lowest BCUT2D eigenvalue weighted by Gasteiger charge is -2.32. The number of likely N-dealkylation sites (N-methyl/N-ethyl adjacent to an activating group) is 1. The highest BCUT2D eigenvalue weighted by atomic mass is 16.1. The minimum Gasteiger partial charge on any atom is -0.355 e. The van der Waals surface area contributed by atoms with E-state index < -0.39 is 0 Å². The molecule has 5 heteroatoms. The molecule has 0 bridgehead atoms. The molecule has 1 fully saturated rings. The van der Waals surface area contributed by atoms with E-state index in [1.165, 1.54) is 6.42 Å². The summed E-state index contributed by atoms with van der Waals surface area (Å²) in [5, 5.41) is 3.37. The highest BCUT2D eigenvalue weighted by molar-refractivity contribution is 5.38. The molecule has 1 atom stereocenters. The molecule has 0 radical (unpaired) electrons. The maximum Gasteiger partial charge on any atom is 0.252 e. The van der Waals surface area contributed by atoms with Gasteiger partial charge < -0.3 is 15.2 Å². The first-order valence-electron chi connectivity index (χ1n) is 6.24. The molecular formula is C12H20N4O. The Labute approximate surface area is 101 Å². The first-order chi connectivity index (χ1) is 8.20. The molecule has 1 unspecified atom stereocenters. The molecule has 5 nitrogen and oxygen atoms in total. The molecule has 1 aromatic heterocycles. The molecule has 0 amide bonds. The van der Waals surface area contributed by atoms with Crippen LogP contribution in [0.15, 0.2) is 10.9 Å². The van der Waals surface area contributed by atoms with Crippen molar-refractivity contribution in [2.24, 2.45) is 0 Å². The van der Waals surface area contributed by atoms with E-state index in [0.717, 1.165) is 37.6 Å². The number of nitrogens with zero attached hydrogens (tertiary/aromatic N) is 2. The number of H-pyrrole nitrogens is 1.